The molecule has 0 unspecified atom stereocenters. The first-order valence-corrected chi connectivity index (χ1v) is 7.30. The number of aryl methyl sites for hydroxylation is 1. The third kappa shape index (κ3) is 2.28. The third-order valence-electron chi connectivity index (χ3n) is 4.22. The summed E-state index contributed by atoms with van der Waals surface area (Å²) in [6.07, 6.45) is 6.64. The molecule has 2 aromatic rings. The summed E-state index contributed by atoms with van der Waals surface area (Å²) in [5.74, 6) is 3.67. The lowest BCUT2D eigenvalue weighted by atomic mass is 9.80. The van der Waals surface area contributed by atoms with Crippen molar-refractivity contribution in [3.05, 3.63) is 35.6 Å². The Morgan fingerprint density at radius 2 is 2.10 bits per heavy atom. The van der Waals surface area contributed by atoms with Crippen LogP contribution in [0.5, 0.6) is 0 Å². The smallest absolute Gasteiger partial charge is 0.229 e. The SMILES string of the molecule is Cc1noc(C2CC(Nc3cc(C4CC4)ccn3)C2)n1. The van der Waals surface area contributed by atoms with Crippen LogP contribution in [0.2, 0.25) is 0 Å². The molecule has 20 heavy (non-hydrogen) atoms. The Balaban J connectivity index is 1.36. The average molecular weight is 270 g/mol. The van der Waals surface area contributed by atoms with Gasteiger partial charge < -0.3 is 9.84 Å². The number of hydrogen-bond acceptors (Lipinski definition) is 5. The molecular weight excluding hydrogens is 252 g/mol. The highest BCUT2D eigenvalue weighted by Gasteiger charge is 2.34. The average Bonchev–Trinajstić information content (AvgIpc) is 3.17. The van der Waals surface area contributed by atoms with Crippen LogP contribution in [0.1, 0.15) is 54.8 Å². The second-order valence-electron chi connectivity index (χ2n) is 5.94. The molecule has 0 radical (unpaired) electrons. The Morgan fingerprint density at radius 3 is 2.80 bits per heavy atom. The highest BCUT2D eigenvalue weighted by molar-refractivity contribution is 5.41. The molecule has 0 bridgehead atoms. The standard InChI is InChI=1S/C15H18N4O/c1-9-17-15(20-19-9)12-6-13(7-12)18-14-8-11(4-5-16-14)10-2-3-10/h4-5,8,10,12-13H,2-3,6-7H2,1H3,(H,16,18). The predicted octanol–water partition coefficient (Wildman–Crippen LogP) is 3.01. The van der Waals surface area contributed by atoms with Gasteiger partial charge in [0.1, 0.15) is 5.82 Å². The lowest BCUT2D eigenvalue weighted by Crippen LogP contribution is -2.34. The fraction of sp³-hybridized carbons (Fsp3) is 0.533. The van der Waals surface area contributed by atoms with E-state index >= 15 is 0 Å². The molecular formula is C15H18N4O. The molecule has 5 heteroatoms. The van der Waals surface area contributed by atoms with Crippen LogP contribution in [0.3, 0.4) is 0 Å². The molecule has 0 aliphatic heterocycles. The van der Waals surface area contributed by atoms with E-state index in [1.54, 1.807) is 0 Å². The minimum Gasteiger partial charge on any atom is -0.367 e. The fourth-order valence-electron chi connectivity index (χ4n) is 2.82. The first kappa shape index (κ1) is 11.9. The second kappa shape index (κ2) is 4.58. The van der Waals surface area contributed by atoms with E-state index in [2.05, 4.69) is 32.6 Å². The van der Waals surface area contributed by atoms with Crippen molar-refractivity contribution in [1.82, 2.24) is 15.1 Å². The molecule has 1 N–H and O–H groups in total. The van der Waals surface area contributed by atoms with Gasteiger partial charge in [-0.15, -0.1) is 0 Å². The normalized spacial score (nSPS) is 25.2. The van der Waals surface area contributed by atoms with Crippen LogP contribution in [0, 0.1) is 6.92 Å². The molecule has 2 aliphatic rings. The Kier molecular flexibility index (Phi) is 2.72. The van der Waals surface area contributed by atoms with E-state index in [-0.39, 0.29) is 0 Å². The van der Waals surface area contributed by atoms with Crippen molar-refractivity contribution in [3.8, 4) is 0 Å². The Morgan fingerprint density at radius 1 is 1.25 bits per heavy atom. The van der Waals surface area contributed by atoms with Crippen molar-refractivity contribution in [3.63, 3.8) is 0 Å². The van der Waals surface area contributed by atoms with Gasteiger partial charge in [0.25, 0.3) is 0 Å². The summed E-state index contributed by atoms with van der Waals surface area (Å²) in [7, 11) is 0. The van der Waals surface area contributed by atoms with Gasteiger partial charge in [-0.1, -0.05) is 5.16 Å². The third-order valence-corrected chi connectivity index (χ3v) is 4.22. The van der Waals surface area contributed by atoms with Crippen molar-refractivity contribution in [2.75, 3.05) is 5.32 Å². The van der Waals surface area contributed by atoms with Gasteiger partial charge in [-0.05, 0) is 56.2 Å². The van der Waals surface area contributed by atoms with E-state index in [0.29, 0.717) is 12.0 Å². The van der Waals surface area contributed by atoms with Gasteiger partial charge in [0, 0.05) is 18.2 Å². The van der Waals surface area contributed by atoms with Gasteiger partial charge in [0.15, 0.2) is 5.82 Å². The number of nitrogens with zero attached hydrogens (tertiary/aromatic N) is 3. The minimum atomic E-state index is 0.403. The highest BCUT2D eigenvalue weighted by atomic mass is 16.5. The summed E-state index contributed by atoms with van der Waals surface area (Å²) in [5, 5.41) is 7.35. The molecule has 2 aliphatic carbocycles. The lowest BCUT2D eigenvalue weighted by molar-refractivity contribution is 0.274. The number of nitrogens with one attached hydrogen (secondary N) is 1. The van der Waals surface area contributed by atoms with Gasteiger partial charge in [-0.2, -0.15) is 4.98 Å². The van der Waals surface area contributed by atoms with E-state index in [1.807, 2.05) is 13.1 Å². The molecule has 2 saturated carbocycles. The van der Waals surface area contributed by atoms with Gasteiger partial charge in [0.05, 0.1) is 0 Å². The second-order valence-corrected chi connectivity index (χ2v) is 5.94. The fourth-order valence-corrected chi connectivity index (χ4v) is 2.82. The predicted molar refractivity (Wildman–Crippen MR) is 74.6 cm³/mol. The molecule has 4 rings (SSSR count). The molecule has 0 aromatic carbocycles. The van der Waals surface area contributed by atoms with Crippen molar-refractivity contribution in [2.24, 2.45) is 0 Å². The first-order valence-electron chi connectivity index (χ1n) is 7.30. The van der Waals surface area contributed by atoms with Crippen LogP contribution in [-0.4, -0.2) is 21.2 Å². The summed E-state index contributed by atoms with van der Waals surface area (Å²) >= 11 is 0. The Labute approximate surface area is 117 Å². The molecule has 0 spiro atoms. The van der Waals surface area contributed by atoms with E-state index in [4.69, 9.17) is 4.52 Å². The van der Waals surface area contributed by atoms with Crippen LogP contribution < -0.4 is 5.32 Å². The lowest BCUT2D eigenvalue weighted by Gasteiger charge is -2.33. The number of rotatable bonds is 4. The monoisotopic (exact) mass is 270 g/mol. The minimum absolute atomic E-state index is 0.403. The van der Waals surface area contributed by atoms with Crippen molar-refractivity contribution >= 4 is 5.82 Å². The molecule has 0 amide bonds. The molecule has 2 fully saturated rings. The number of pyridine rings is 1. The number of hydrogen-bond donors (Lipinski definition) is 1. The summed E-state index contributed by atoms with van der Waals surface area (Å²) in [4.78, 5) is 8.71. The summed E-state index contributed by atoms with van der Waals surface area (Å²) < 4.78 is 5.22. The van der Waals surface area contributed by atoms with Crippen LogP contribution in [0.15, 0.2) is 22.9 Å². The van der Waals surface area contributed by atoms with Crippen LogP contribution >= 0.6 is 0 Å². The highest BCUT2D eigenvalue weighted by Crippen LogP contribution is 2.41. The zero-order valence-corrected chi connectivity index (χ0v) is 11.5. The van der Waals surface area contributed by atoms with Gasteiger partial charge in [-0.25, -0.2) is 4.98 Å². The maximum atomic E-state index is 5.22. The largest absolute Gasteiger partial charge is 0.367 e. The molecule has 0 saturated heterocycles. The summed E-state index contributed by atoms with van der Waals surface area (Å²) in [6, 6.07) is 4.80. The van der Waals surface area contributed by atoms with E-state index in [0.717, 1.165) is 36.3 Å². The van der Waals surface area contributed by atoms with Crippen molar-refractivity contribution in [1.29, 1.82) is 0 Å². The van der Waals surface area contributed by atoms with Gasteiger partial charge in [0.2, 0.25) is 5.89 Å². The van der Waals surface area contributed by atoms with Crippen LogP contribution in [0.4, 0.5) is 5.82 Å². The zero-order chi connectivity index (χ0) is 13.5. The van der Waals surface area contributed by atoms with Gasteiger partial charge >= 0.3 is 0 Å². The molecule has 5 nitrogen and oxygen atoms in total. The van der Waals surface area contributed by atoms with Crippen LogP contribution in [-0.2, 0) is 0 Å². The quantitative estimate of drug-likeness (QED) is 0.925. The topological polar surface area (TPSA) is 63.8 Å². The van der Waals surface area contributed by atoms with Crippen LogP contribution in [0.25, 0.3) is 0 Å². The van der Waals surface area contributed by atoms with E-state index in [1.165, 1.54) is 18.4 Å². The Bertz CT molecular complexity index is 614. The molecule has 0 atom stereocenters. The summed E-state index contributed by atoms with van der Waals surface area (Å²) in [5.41, 5.74) is 1.42. The maximum absolute atomic E-state index is 5.22. The van der Waals surface area contributed by atoms with E-state index in [9.17, 15) is 0 Å². The van der Waals surface area contributed by atoms with E-state index < -0.39 is 0 Å². The molecule has 2 heterocycles. The van der Waals surface area contributed by atoms with Crippen molar-refractivity contribution in [2.45, 2.75) is 50.5 Å². The summed E-state index contributed by atoms with van der Waals surface area (Å²) in [6.45, 7) is 1.86. The molecule has 104 valence electrons. The zero-order valence-electron chi connectivity index (χ0n) is 11.5. The first-order chi connectivity index (χ1) is 9.78. The Hall–Kier alpha value is -1.91. The van der Waals surface area contributed by atoms with Crippen molar-refractivity contribution < 1.29 is 4.52 Å². The molecule has 2 aromatic heterocycles. The van der Waals surface area contributed by atoms with Gasteiger partial charge in [-0.3, -0.25) is 0 Å². The number of anilines is 1. The maximum Gasteiger partial charge on any atom is 0.229 e. The number of aromatic nitrogens is 3.